The largest absolute Gasteiger partial charge is 0.492 e. The van der Waals surface area contributed by atoms with Crippen molar-refractivity contribution in [3.05, 3.63) is 69.5 Å². The van der Waals surface area contributed by atoms with Gasteiger partial charge in [0.15, 0.2) is 0 Å². The molecule has 2 aliphatic rings. The standard InChI is InChI=1S/C30H39Cl2NO/c1-27(2,3)20-11-13-22(14-12-20)33(24-18-21(28(4,5)6)17-23(31)26(24)32)25-19-34-30(8)16-10-9-15-29(25,30)7/h11-14,17-19H,9-10,15-16H2,1-8H3. The summed E-state index contributed by atoms with van der Waals surface area (Å²) in [6.45, 7) is 17.9. The molecule has 0 bridgehead atoms. The average molecular weight is 501 g/mol. The van der Waals surface area contributed by atoms with Crippen LogP contribution in [0.2, 0.25) is 10.0 Å². The molecule has 34 heavy (non-hydrogen) atoms. The molecule has 2 atom stereocenters. The topological polar surface area (TPSA) is 12.5 Å². The van der Waals surface area contributed by atoms with Crippen LogP contribution in [0.3, 0.4) is 0 Å². The Bertz CT molecular complexity index is 1110. The molecule has 0 N–H and O–H groups in total. The Morgan fingerprint density at radius 2 is 1.41 bits per heavy atom. The minimum absolute atomic E-state index is 0.0610. The first kappa shape index (κ1) is 25.5. The van der Waals surface area contributed by atoms with Crippen LogP contribution in [-0.2, 0) is 15.6 Å². The molecule has 0 radical (unpaired) electrons. The zero-order chi connectivity index (χ0) is 25.1. The van der Waals surface area contributed by atoms with E-state index in [1.54, 1.807) is 0 Å². The van der Waals surface area contributed by atoms with Crippen LogP contribution in [0.4, 0.5) is 11.4 Å². The fourth-order valence-electron chi connectivity index (χ4n) is 5.37. The van der Waals surface area contributed by atoms with Gasteiger partial charge in [0.25, 0.3) is 0 Å². The van der Waals surface area contributed by atoms with Gasteiger partial charge in [-0.3, -0.25) is 0 Å². The fraction of sp³-hybridized carbons (Fsp3) is 0.533. The Labute approximate surface area is 216 Å². The van der Waals surface area contributed by atoms with Crippen LogP contribution in [0.5, 0.6) is 0 Å². The van der Waals surface area contributed by atoms with Crippen molar-refractivity contribution in [3.63, 3.8) is 0 Å². The smallest absolute Gasteiger partial charge is 0.116 e. The minimum Gasteiger partial charge on any atom is -0.492 e. The van der Waals surface area contributed by atoms with Gasteiger partial charge in [0.05, 0.1) is 26.8 Å². The number of anilines is 2. The van der Waals surface area contributed by atoms with Crippen LogP contribution in [0.15, 0.2) is 48.4 Å². The Morgan fingerprint density at radius 1 is 0.824 bits per heavy atom. The van der Waals surface area contributed by atoms with Gasteiger partial charge in [0, 0.05) is 5.69 Å². The third-order valence-corrected chi connectivity index (χ3v) is 8.88. The molecule has 4 heteroatoms. The summed E-state index contributed by atoms with van der Waals surface area (Å²) < 4.78 is 6.45. The predicted molar refractivity (Wildman–Crippen MR) is 147 cm³/mol. The molecule has 1 aliphatic heterocycles. The molecule has 0 spiro atoms. The molecule has 2 aromatic carbocycles. The number of halogens is 2. The number of hydrogen-bond donors (Lipinski definition) is 0. The van der Waals surface area contributed by atoms with E-state index in [0.717, 1.165) is 35.5 Å². The summed E-state index contributed by atoms with van der Waals surface area (Å²) in [7, 11) is 0. The summed E-state index contributed by atoms with van der Waals surface area (Å²) in [5, 5.41) is 1.15. The maximum Gasteiger partial charge on any atom is 0.116 e. The highest BCUT2D eigenvalue weighted by molar-refractivity contribution is 6.44. The molecule has 2 nitrogen and oxygen atoms in total. The average Bonchev–Trinajstić information content (AvgIpc) is 3.01. The number of nitrogens with zero attached hydrogens (tertiary/aromatic N) is 1. The Morgan fingerprint density at radius 3 is 2.00 bits per heavy atom. The SMILES string of the molecule is CC(C)(C)c1ccc(N(C2=COC3(C)CCCCC23C)c2cc(C(C)(C)C)cc(Cl)c2Cl)cc1. The molecule has 1 fully saturated rings. The Balaban J connectivity index is 1.94. The second kappa shape index (κ2) is 8.49. The third-order valence-electron chi connectivity index (χ3n) is 8.09. The quantitative estimate of drug-likeness (QED) is 0.416. The van der Waals surface area contributed by atoms with Gasteiger partial charge in [-0.05, 0) is 72.4 Å². The minimum atomic E-state index is -0.220. The first-order valence-corrected chi connectivity index (χ1v) is 13.2. The molecule has 1 aliphatic carbocycles. The summed E-state index contributed by atoms with van der Waals surface area (Å²) in [5.74, 6) is 0. The lowest BCUT2D eigenvalue weighted by Gasteiger charge is -2.47. The van der Waals surface area contributed by atoms with Gasteiger partial charge < -0.3 is 9.64 Å². The molecular formula is C30H39Cl2NO. The molecular weight excluding hydrogens is 461 g/mol. The number of ether oxygens (including phenoxy) is 1. The van der Waals surface area contributed by atoms with Gasteiger partial charge in [0.1, 0.15) is 11.9 Å². The van der Waals surface area contributed by atoms with Crippen molar-refractivity contribution in [2.45, 2.75) is 97.5 Å². The van der Waals surface area contributed by atoms with E-state index < -0.39 is 0 Å². The first-order valence-electron chi connectivity index (χ1n) is 12.5. The van der Waals surface area contributed by atoms with Crippen molar-refractivity contribution in [3.8, 4) is 0 Å². The van der Waals surface area contributed by atoms with Gasteiger partial charge in [-0.15, -0.1) is 0 Å². The third kappa shape index (κ3) is 4.26. The molecule has 0 saturated heterocycles. The van der Waals surface area contributed by atoms with Crippen molar-refractivity contribution in [1.82, 2.24) is 0 Å². The zero-order valence-electron chi connectivity index (χ0n) is 22.0. The van der Waals surface area contributed by atoms with E-state index in [0.29, 0.717) is 10.0 Å². The van der Waals surface area contributed by atoms with Crippen molar-refractivity contribution < 1.29 is 4.74 Å². The Hall–Kier alpha value is -1.64. The highest BCUT2D eigenvalue weighted by Crippen LogP contribution is 2.58. The second-order valence-electron chi connectivity index (χ2n) is 12.6. The van der Waals surface area contributed by atoms with E-state index in [2.05, 4.69) is 90.6 Å². The van der Waals surface area contributed by atoms with Crippen LogP contribution in [0, 0.1) is 5.41 Å². The van der Waals surface area contributed by atoms with Gasteiger partial charge in [-0.2, -0.15) is 0 Å². The second-order valence-corrected chi connectivity index (χ2v) is 13.3. The summed E-state index contributed by atoms with van der Waals surface area (Å²) >= 11 is 13.7. The van der Waals surface area contributed by atoms with Crippen molar-refractivity contribution in [1.29, 1.82) is 0 Å². The van der Waals surface area contributed by atoms with E-state index in [4.69, 9.17) is 27.9 Å². The summed E-state index contributed by atoms with van der Waals surface area (Å²) in [6, 6.07) is 13.1. The molecule has 1 heterocycles. The number of hydrogen-bond acceptors (Lipinski definition) is 2. The maximum atomic E-state index is 6.96. The van der Waals surface area contributed by atoms with E-state index in [1.165, 1.54) is 18.4 Å². The van der Waals surface area contributed by atoms with Crippen molar-refractivity contribution in [2.24, 2.45) is 5.41 Å². The van der Waals surface area contributed by atoms with E-state index in [1.807, 2.05) is 12.3 Å². The molecule has 1 saturated carbocycles. The van der Waals surface area contributed by atoms with Crippen LogP contribution in [0.25, 0.3) is 0 Å². The highest BCUT2D eigenvalue weighted by atomic mass is 35.5. The number of fused-ring (bicyclic) bond motifs is 1. The van der Waals surface area contributed by atoms with Gasteiger partial charge in [-0.1, -0.05) is 90.2 Å². The molecule has 0 aromatic heterocycles. The lowest BCUT2D eigenvalue weighted by Crippen LogP contribution is -2.47. The monoisotopic (exact) mass is 499 g/mol. The summed E-state index contributed by atoms with van der Waals surface area (Å²) in [4.78, 5) is 2.30. The van der Waals surface area contributed by atoms with Crippen LogP contribution >= 0.6 is 23.2 Å². The van der Waals surface area contributed by atoms with Crippen LogP contribution in [0.1, 0.15) is 92.2 Å². The first-order chi connectivity index (χ1) is 15.7. The number of rotatable bonds is 3. The molecule has 4 rings (SSSR count). The lowest BCUT2D eigenvalue weighted by molar-refractivity contribution is -0.0518. The zero-order valence-corrected chi connectivity index (χ0v) is 23.5. The molecule has 2 aromatic rings. The van der Waals surface area contributed by atoms with Crippen molar-refractivity contribution >= 4 is 34.6 Å². The normalized spacial score (nSPS) is 24.9. The summed E-state index contributed by atoms with van der Waals surface area (Å²) in [5.41, 5.74) is 5.27. The highest BCUT2D eigenvalue weighted by Gasteiger charge is 2.56. The van der Waals surface area contributed by atoms with Crippen LogP contribution in [-0.4, -0.2) is 5.60 Å². The molecule has 0 amide bonds. The van der Waals surface area contributed by atoms with Crippen LogP contribution < -0.4 is 4.90 Å². The maximum absolute atomic E-state index is 6.96. The summed E-state index contributed by atoms with van der Waals surface area (Å²) in [6.07, 6.45) is 6.50. The number of benzene rings is 2. The van der Waals surface area contributed by atoms with E-state index >= 15 is 0 Å². The predicted octanol–water partition coefficient (Wildman–Crippen LogP) is 9.94. The van der Waals surface area contributed by atoms with Gasteiger partial charge in [-0.25, -0.2) is 0 Å². The van der Waals surface area contributed by atoms with Crippen molar-refractivity contribution in [2.75, 3.05) is 4.90 Å². The van der Waals surface area contributed by atoms with Gasteiger partial charge in [0.2, 0.25) is 0 Å². The lowest BCUT2D eigenvalue weighted by atomic mass is 9.64. The van der Waals surface area contributed by atoms with Gasteiger partial charge >= 0.3 is 0 Å². The van der Waals surface area contributed by atoms with E-state index in [-0.39, 0.29) is 21.8 Å². The molecule has 184 valence electrons. The Kier molecular flexibility index (Phi) is 6.35. The molecule has 2 unspecified atom stereocenters. The fourth-order valence-corrected chi connectivity index (χ4v) is 5.78. The van der Waals surface area contributed by atoms with E-state index in [9.17, 15) is 0 Å².